The van der Waals surface area contributed by atoms with Crippen LogP contribution in [0, 0.1) is 0 Å². The molecule has 2 aromatic carbocycles. The van der Waals surface area contributed by atoms with Crippen molar-refractivity contribution in [1.29, 1.82) is 0 Å². The monoisotopic (exact) mass is 322 g/mol. The van der Waals surface area contributed by atoms with Gasteiger partial charge in [0.25, 0.3) is 0 Å². The molecule has 0 aliphatic carbocycles. The molecule has 0 aromatic heterocycles. The molecule has 21 heavy (non-hydrogen) atoms. The Morgan fingerprint density at radius 3 is 2.14 bits per heavy atom. The number of aryl methyl sites for hydroxylation is 2. The Morgan fingerprint density at radius 2 is 1.48 bits per heavy atom. The van der Waals surface area contributed by atoms with E-state index in [1.165, 1.54) is 11.1 Å². The van der Waals surface area contributed by atoms with Gasteiger partial charge in [0.05, 0.1) is 0 Å². The molecule has 0 saturated carbocycles. The minimum atomic E-state index is 0.730. The van der Waals surface area contributed by atoms with E-state index in [9.17, 15) is 0 Å². The van der Waals surface area contributed by atoms with Crippen LogP contribution >= 0.6 is 23.2 Å². The second-order valence-corrected chi connectivity index (χ2v) is 5.73. The summed E-state index contributed by atoms with van der Waals surface area (Å²) in [5.74, 6) is 0. The van der Waals surface area contributed by atoms with E-state index in [4.69, 9.17) is 23.2 Å². The molecule has 2 nitrogen and oxygen atoms in total. The van der Waals surface area contributed by atoms with Gasteiger partial charge in [0.15, 0.2) is 0 Å². The van der Waals surface area contributed by atoms with Gasteiger partial charge < -0.3 is 5.43 Å². The first-order chi connectivity index (χ1) is 10.1. The lowest BCUT2D eigenvalue weighted by molar-refractivity contribution is 0.799. The maximum absolute atomic E-state index is 6.13. The van der Waals surface area contributed by atoms with Gasteiger partial charge in [0.2, 0.25) is 0 Å². The van der Waals surface area contributed by atoms with Crippen LogP contribution in [0.4, 0.5) is 5.69 Å². The number of hydrazine groups is 1. The Kier molecular flexibility index (Phi) is 5.92. The van der Waals surface area contributed by atoms with Gasteiger partial charge in [-0.1, -0.05) is 49.2 Å². The third-order valence-corrected chi connectivity index (χ3v) is 4.18. The molecule has 0 bridgehead atoms. The first-order valence-corrected chi connectivity index (χ1v) is 7.94. The van der Waals surface area contributed by atoms with E-state index >= 15 is 0 Å². The SMILES string of the molecule is CCc1cc(CNNc2ccc(Cl)c(CC)c2)ccc1Cl. The van der Waals surface area contributed by atoms with Crippen LogP contribution in [0.2, 0.25) is 10.0 Å². The van der Waals surface area contributed by atoms with Crippen LogP contribution in [0.25, 0.3) is 0 Å². The van der Waals surface area contributed by atoms with Crippen LogP contribution in [0.5, 0.6) is 0 Å². The van der Waals surface area contributed by atoms with Crippen molar-refractivity contribution in [1.82, 2.24) is 5.43 Å². The molecule has 0 fully saturated rings. The largest absolute Gasteiger partial charge is 0.321 e. The normalized spacial score (nSPS) is 10.7. The lowest BCUT2D eigenvalue weighted by Crippen LogP contribution is -2.21. The summed E-state index contributed by atoms with van der Waals surface area (Å²) < 4.78 is 0. The molecule has 0 heterocycles. The highest BCUT2D eigenvalue weighted by atomic mass is 35.5. The van der Waals surface area contributed by atoms with E-state index in [0.29, 0.717) is 0 Å². The lowest BCUT2D eigenvalue weighted by atomic mass is 10.1. The fourth-order valence-electron chi connectivity index (χ4n) is 2.18. The Bertz CT molecular complexity index is 558. The zero-order chi connectivity index (χ0) is 15.2. The predicted octanol–water partition coefficient (Wildman–Crippen LogP) is 5.23. The number of benzene rings is 2. The molecule has 0 unspecified atom stereocenters. The van der Waals surface area contributed by atoms with Gasteiger partial charge in [-0.3, -0.25) is 0 Å². The smallest absolute Gasteiger partial charge is 0.0491 e. The molecule has 2 rings (SSSR count). The number of hydrogen-bond acceptors (Lipinski definition) is 2. The van der Waals surface area contributed by atoms with Crippen molar-refractivity contribution in [2.75, 3.05) is 5.43 Å². The summed E-state index contributed by atoms with van der Waals surface area (Å²) in [6.07, 6.45) is 1.86. The first kappa shape index (κ1) is 16.2. The quantitative estimate of drug-likeness (QED) is 0.711. The fraction of sp³-hybridized carbons (Fsp3) is 0.294. The van der Waals surface area contributed by atoms with Gasteiger partial charge >= 0.3 is 0 Å². The van der Waals surface area contributed by atoms with Gasteiger partial charge in [0.1, 0.15) is 0 Å². The molecule has 0 amide bonds. The van der Waals surface area contributed by atoms with Crippen molar-refractivity contribution in [3.05, 3.63) is 63.1 Å². The highest BCUT2D eigenvalue weighted by molar-refractivity contribution is 6.31. The van der Waals surface area contributed by atoms with Gasteiger partial charge in [-0.15, -0.1) is 0 Å². The molecule has 0 atom stereocenters. The van der Waals surface area contributed by atoms with Crippen molar-refractivity contribution in [3.8, 4) is 0 Å². The van der Waals surface area contributed by atoms with Crippen LogP contribution in [0.1, 0.15) is 30.5 Å². The van der Waals surface area contributed by atoms with E-state index in [0.717, 1.165) is 40.7 Å². The molecule has 0 spiro atoms. The Hall–Kier alpha value is -1.22. The van der Waals surface area contributed by atoms with Crippen molar-refractivity contribution < 1.29 is 0 Å². The van der Waals surface area contributed by atoms with Crippen molar-refractivity contribution in [3.63, 3.8) is 0 Å². The summed E-state index contributed by atoms with van der Waals surface area (Å²) in [6, 6.07) is 12.1. The third-order valence-electron chi connectivity index (χ3n) is 3.44. The zero-order valence-electron chi connectivity index (χ0n) is 12.3. The molecule has 112 valence electrons. The lowest BCUT2D eigenvalue weighted by Gasteiger charge is -2.11. The number of nitrogens with one attached hydrogen (secondary N) is 2. The highest BCUT2D eigenvalue weighted by Crippen LogP contribution is 2.21. The molecule has 0 aliphatic rings. The number of hydrogen-bond donors (Lipinski definition) is 2. The maximum Gasteiger partial charge on any atom is 0.0491 e. The molecular formula is C17H20Cl2N2. The third kappa shape index (κ3) is 4.37. The molecule has 0 saturated heterocycles. The van der Waals surface area contributed by atoms with E-state index in [2.05, 4.69) is 36.8 Å². The molecule has 2 aromatic rings. The number of halogens is 2. The van der Waals surface area contributed by atoms with Crippen LogP contribution in [0.3, 0.4) is 0 Å². The summed E-state index contributed by atoms with van der Waals surface area (Å²) in [7, 11) is 0. The number of anilines is 1. The Balaban J connectivity index is 1.95. The van der Waals surface area contributed by atoms with Crippen molar-refractivity contribution in [2.45, 2.75) is 33.2 Å². The molecule has 2 N–H and O–H groups in total. The second-order valence-electron chi connectivity index (χ2n) is 4.92. The van der Waals surface area contributed by atoms with Gasteiger partial charge in [-0.05, 0) is 53.8 Å². The minimum absolute atomic E-state index is 0.730. The molecule has 0 aliphatic heterocycles. The average Bonchev–Trinajstić information content (AvgIpc) is 2.50. The summed E-state index contributed by atoms with van der Waals surface area (Å²) >= 11 is 12.2. The van der Waals surface area contributed by atoms with E-state index in [-0.39, 0.29) is 0 Å². The Morgan fingerprint density at radius 1 is 0.857 bits per heavy atom. The predicted molar refractivity (Wildman–Crippen MR) is 92.1 cm³/mol. The van der Waals surface area contributed by atoms with Crippen LogP contribution in [0.15, 0.2) is 36.4 Å². The summed E-state index contributed by atoms with van der Waals surface area (Å²) in [5.41, 5.74) is 11.0. The summed E-state index contributed by atoms with van der Waals surface area (Å²) in [5, 5.41) is 1.65. The van der Waals surface area contributed by atoms with Crippen LogP contribution in [-0.2, 0) is 19.4 Å². The second kappa shape index (κ2) is 7.69. The van der Waals surface area contributed by atoms with Crippen molar-refractivity contribution in [2.24, 2.45) is 0 Å². The standard InChI is InChI=1S/C17H20Cl2N2/c1-3-13-9-12(5-7-16(13)18)11-20-21-15-6-8-17(19)14(4-2)10-15/h5-10,20-21H,3-4,11H2,1-2H3. The number of rotatable bonds is 6. The van der Waals surface area contributed by atoms with E-state index in [1.54, 1.807) is 0 Å². The zero-order valence-corrected chi connectivity index (χ0v) is 13.9. The van der Waals surface area contributed by atoms with E-state index < -0.39 is 0 Å². The first-order valence-electron chi connectivity index (χ1n) is 7.18. The molecule has 0 radical (unpaired) electrons. The van der Waals surface area contributed by atoms with Crippen molar-refractivity contribution >= 4 is 28.9 Å². The van der Waals surface area contributed by atoms with Gasteiger partial charge in [0, 0.05) is 22.3 Å². The molecule has 4 heteroatoms. The van der Waals surface area contributed by atoms with Crippen LogP contribution in [-0.4, -0.2) is 0 Å². The van der Waals surface area contributed by atoms with Gasteiger partial charge in [-0.25, -0.2) is 5.43 Å². The maximum atomic E-state index is 6.13. The topological polar surface area (TPSA) is 24.1 Å². The summed E-state index contributed by atoms with van der Waals surface area (Å²) in [6.45, 7) is 4.93. The minimum Gasteiger partial charge on any atom is -0.321 e. The molecular weight excluding hydrogens is 303 g/mol. The average molecular weight is 323 g/mol. The van der Waals surface area contributed by atoms with Gasteiger partial charge in [-0.2, -0.15) is 0 Å². The highest BCUT2D eigenvalue weighted by Gasteiger charge is 2.02. The van der Waals surface area contributed by atoms with E-state index in [1.807, 2.05) is 24.3 Å². The summed E-state index contributed by atoms with van der Waals surface area (Å²) in [4.78, 5) is 0. The fourth-order valence-corrected chi connectivity index (χ4v) is 2.68. The Labute approximate surface area is 136 Å². The van der Waals surface area contributed by atoms with Crippen LogP contribution < -0.4 is 10.9 Å².